The Morgan fingerprint density at radius 3 is 2.57 bits per heavy atom. The van der Waals surface area contributed by atoms with Crippen molar-refractivity contribution in [3.05, 3.63) is 6.92 Å². The lowest BCUT2D eigenvalue weighted by atomic mass is 10.4. The Hall–Kier alpha value is 0.0400. The van der Waals surface area contributed by atoms with Gasteiger partial charge < -0.3 is 0 Å². The predicted molar refractivity (Wildman–Crippen MR) is 36.2 cm³/mol. The minimum Gasteiger partial charge on any atom is -0.103 e. The topological polar surface area (TPSA) is 0 Å². The van der Waals surface area contributed by atoms with Gasteiger partial charge in [0.1, 0.15) is 0 Å². The molecule has 0 aromatic rings. The molecule has 0 fully saturated rings. The molecule has 1 radical (unpaired) electrons. The first kappa shape index (κ1) is 7.04. The van der Waals surface area contributed by atoms with Crippen molar-refractivity contribution in [1.82, 2.24) is 0 Å². The van der Waals surface area contributed by atoms with Gasteiger partial charge in [-0.05, 0) is 6.92 Å². The van der Waals surface area contributed by atoms with E-state index in [1.165, 1.54) is 0 Å². The normalized spacial score (nSPS) is 7.14. The van der Waals surface area contributed by atoms with Crippen molar-refractivity contribution in [1.29, 1.82) is 0 Å². The summed E-state index contributed by atoms with van der Waals surface area (Å²) in [7, 11) is 0. The van der Waals surface area contributed by atoms with Gasteiger partial charge in [0, 0.05) is 18.2 Å². The fourth-order valence-corrected chi connectivity index (χ4v) is 0.422. The molecule has 0 bridgehead atoms. The average molecular weight is 160 g/mol. The number of hydrogen-bond acceptors (Lipinski definition) is 0. The molecule has 0 spiro atoms. The zero-order valence-corrected chi connectivity index (χ0v) is 5.79. The zero-order chi connectivity index (χ0) is 5.54. The van der Waals surface area contributed by atoms with Gasteiger partial charge in [0.15, 0.2) is 0 Å². The van der Waals surface area contributed by atoms with Gasteiger partial charge in [0.25, 0.3) is 0 Å². The molecule has 1 heteroatoms. The standard InChI is InChI=1S/C6H8Br/c1-2-3-4-5-6-7/h1-2,5-6H2. The van der Waals surface area contributed by atoms with Crippen molar-refractivity contribution in [3.8, 4) is 11.8 Å². The van der Waals surface area contributed by atoms with Gasteiger partial charge in [-0.2, -0.15) is 0 Å². The molecule has 0 saturated heterocycles. The minimum absolute atomic E-state index is 0.729. The van der Waals surface area contributed by atoms with E-state index in [4.69, 9.17) is 0 Å². The summed E-state index contributed by atoms with van der Waals surface area (Å²) in [5.74, 6) is 5.78. The van der Waals surface area contributed by atoms with Crippen LogP contribution in [0.25, 0.3) is 0 Å². The van der Waals surface area contributed by atoms with Gasteiger partial charge in [-0.1, -0.05) is 15.9 Å². The number of alkyl halides is 1. The van der Waals surface area contributed by atoms with Crippen LogP contribution in [0.3, 0.4) is 0 Å². The Kier molecular flexibility index (Phi) is 6.07. The van der Waals surface area contributed by atoms with E-state index in [2.05, 4.69) is 34.7 Å². The van der Waals surface area contributed by atoms with Crippen molar-refractivity contribution in [2.24, 2.45) is 0 Å². The first-order valence-corrected chi connectivity index (χ1v) is 3.35. The monoisotopic (exact) mass is 159 g/mol. The van der Waals surface area contributed by atoms with Gasteiger partial charge in [-0.25, -0.2) is 0 Å². The van der Waals surface area contributed by atoms with Gasteiger partial charge in [0.05, 0.1) is 0 Å². The summed E-state index contributed by atoms with van der Waals surface area (Å²) in [6, 6.07) is 0. The van der Waals surface area contributed by atoms with Gasteiger partial charge in [-0.3, -0.25) is 0 Å². The molecule has 0 aromatic heterocycles. The fraction of sp³-hybridized carbons (Fsp3) is 0.500. The molecule has 0 amide bonds. The molecule has 7 heavy (non-hydrogen) atoms. The zero-order valence-electron chi connectivity index (χ0n) is 4.21. The molecular weight excluding hydrogens is 152 g/mol. The molecule has 0 aliphatic heterocycles. The highest BCUT2D eigenvalue weighted by Gasteiger charge is 1.67. The van der Waals surface area contributed by atoms with Crippen LogP contribution in [0.1, 0.15) is 12.8 Å². The number of hydrogen-bond donors (Lipinski definition) is 0. The molecule has 39 valence electrons. The molecule has 0 N–H and O–H groups in total. The molecule has 0 saturated carbocycles. The fourth-order valence-electron chi connectivity index (χ4n) is 0.224. The second-order valence-corrected chi connectivity index (χ2v) is 1.84. The highest BCUT2D eigenvalue weighted by atomic mass is 79.9. The number of rotatable bonds is 1. The van der Waals surface area contributed by atoms with Crippen LogP contribution in [-0.2, 0) is 0 Å². The Balaban J connectivity index is 2.91. The smallest absolute Gasteiger partial charge is 0.0186 e. The van der Waals surface area contributed by atoms with Gasteiger partial charge in [-0.15, -0.1) is 11.8 Å². The molecule has 0 nitrogen and oxygen atoms in total. The maximum absolute atomic E-state index is 3.57. The summed E-state index contributed by atoms with van der Waals surface area (Å²) in [4.78, 5) is 0. The summed E-state index contributed by atoms with van der Waals surface area (Å²) < 4.78 is 0. The summed E-state index contributed by atoms with van der Waals surface area (Å²) >= 11 is 3.26. The summed E-state index contributed by atoms with van der Waals surface area (Å²) in [5.41, 5.74) is 0. The van der Waals surface area contributed by atoms with Gasteiger partial charge in [0.2, 0.25) is 0 Å². The highest BCUT2D eigenvalue weighted by molar-refractivity contribution is 9.09. The van der Waals surface area contributed by atoms with Crippen LogP contribution >= 0.6 is 15.9 Å². The molecule has 0 unspecified atom stereocenters. The highest BCUT2D eigenvalue weighted by Crippen LogP contribution is 1.83. The third-order valence-electron chi connectivity index (χ3n) is 0.469. The molecule has 0 atom stereocenters. The van der Waals surface area contributed by atoms with Crippen molar-refractivity contribution >= 4 is 15.9 Å². The van der Waals surface area contributed by atoms with E-state index < -0.39 is 0 Å². The minimum atomic E-state index is 0.729. The summed E-state index contributed by atoms with van der Waals surface area (Å²) in [5, 5.41) is 0.972. The molecule has 0 rings (SSSR count). The van der Waals surface area contributed by atoms with Crippen LogP contribution < -0.4 is 0 Å². The van der Waals surface area contributed by atoms with Crippen LogP contribution in [0.2, 0.25) is 0 Å². The van der Waals surface area contributed by atoms with Crippen LogP contribution in [0.5, 0.6) is 0 Å². The van der Waals surface area contributed by atoms with E-state index in [0.717, 1.165) is 18.2 Å². The third kappa shape index (κ3) is 6.04. The average Bonchev–Trinajstić information content (AvgIpc) is 1.69. The van der Waals surface area contributed by atoms with Crippen molar-refractivity contribution < 1.29 is 0 Å². The lowest BCUT2D eigenvalue weighted by Crippen LogP contribution is -1.64. The van der Waals surface area contributed by atoms with Crippen molar-refractivity contribution in [2.75, 3.05) is 5.33 Å². The first-order chi connectivity index (χ1) is 3.41. The van der Waals surface area contributed by atoms with Crippen LogP contribution in [0.4, 0.5) is 0 Å². The largest absolute Gasteiger partial charge is 0.103 e. The second kappa shape index (κ2) is 6.04. The maximum atomic E-state index is 3.57. The molecule has 0 aliphatic carbocycles. The van der Waals surface area contributed by atoms with E-state index in [1.807, 2.05) is 0 Å². The van der Waals surface area contributed by atoms with Crippen LogP contribution in [-0.4, -0.2) is 5.33 Å². The third-order valence-corrected chi connectivity index (χ3v) is 0.866. The van der Waals surface area contributed by atoms with E-state index in [-0.39, 0.29) is 0 Å². The van der Waals surface area contributed by atoms with Gasteiger partial charge >= 0.3 is 0 Å². The Bertz CT molecular complexity index is 75.9. The molecular formula is C6H8Br. The second-order valence-electron chi connectivity index (χ2n) is 1.04. The Labute approximate surface area is 53.4 Å². The van der Waals surface area contributed by atoms with E-state index >= 15 is 0 Å². The quantitative estimate of drug-likeness (QED) is 0.406. The Morgan fingerprint density at radius 1 is 1.43 bits per heavy atom. The summed E-state index contributed by atoms with van der Waals surface area (Å²) in [6.45, 7) is 3.57. The van der Waals surface area contributed by atoms with Crippen LogP contribution in [0, 0.1) is 18.8 Å². The predicted octanol–water partition coefficient (Wildman–Crippen LogP) is 2.00. The van der Waals surface area contributed by atoms with E-state index in [1.54, 1.807) is 0 Å². The first-order valence-electron chi connectivity index (χ1n) is 2.22. The molecule has 0 aromatic carbocycles. The lowest BCUT2D eigenvalue weighted by Gasteiger charge is -1.72. The van der Waals surface area contributed by atoms with E-state index in [9.17, 15) is 0 Å². The lowest BCUT2D eigenvalue weighted by molar-refractivity contribution is 1.31. The summed E-state index contributed by atoms with van der Waals surface area (Å²) in [6.07, 6.45) is 1.67. The van der Waals surface area contributed by atoms with Crippen molar-refractivity contribution in [2.45, 2.75) is 12.8 Å². The maximum Gasteiger partial charge on any atom is 0.0186 e. The van der Waals surface area contributed by atoms with Crippen molar-refractivity contribution in [3.63, 3.8) is 0 Å². The Morgan fingerprint density at radius 2 is 2.14 bits per heavy atom. The molecule has 0 aliphatic rings. The SMILES string of the molecule is [CH2]CC#CCCBr. The van der Waals surface area contributed by atoms with Crippen LogP contribution in [0.15, 0.2) is 0 Å². The van der Waals surface area contributed by atoms with E-state index in [0.29, 0.717) is 0 Å². The molecule has 0 heterocycles. The number of halogens is 1.